The fourth-order valence-electron chi connectivity index (χ4n) is 6.91. The molecule has 0 aromatic heterocycles. The molecule has 196 valence electrons. The smallest absolute Gasteiger partial charge is 0.254 e. The Hall–Kier alpha value is -2.74. The third-order valence-corrected chi connectivity index (χ3v) is 9.14. The molecule has 2 amide bonds. The number of benzene rings is 2. The van der Waals surface area contributed by atoms with Crippen molar-refractivity contribution in [3.63, 3.8) is 0 Å². The number of hydrogen-bond acceptors (Lipinski definition) is 5. The van der Waals surface area contributed by atoms with E-state index < -0.39 is 6.10 Å². The highest BCUT2D eigenvalue weighted by Gasteiger charge is 2.43. The number of amides is 2. The number of rotatable bonds is 4. The van der Waals surface area contributed by atoms with Gasteiger partial charge in [-0.1, -0.05) is 38.1 Å². The standard InChI is InChI=1S/C30H38N4O3/c1-29(2)18-34(16-26(35)25-14-20-5-3-4-6-22(20)15-32-25)28(37)23-8-7-21(13-24(23)29)27(36)33-12-10-30(19-33)9-11-31-17-30/h3-8,13,25-26,31-32,35H,9-12,14-19H2,1-2H3/t25-,26+,30?/m0/s1. The molecule has 2 aromatic rings. The van der Waals surface area contributed by atoms with Crippen molar-refractivity contribution in [1.82, 2.24) is 20.4 Å². The van der Waals surface area contributed by atoms with Crippen molar-refractivity contribution < 1.29 is 14.7 Å². The molecule has 1 unspecified atom stereocenters. The lowest BCUT2D eigenvalue weighted by Crippen LogP contribution is -2.54. The third kappa shape index (κ3) is 4.47. The van der Waals surface area contributed by atoms with Crippen molar-refractivity contribution in [3.05, 3.63) is 70.3 Å². The summed E-state index contributed by atoms with van der Waals surface area (Å²) in [7, 11) is 0. The summed E-state index contributed by atoms with van der Waals surface area (Å²) in [6, 6.07) is 13.8. The maximum atomic E-state index is 13.5. The maximum Gasteiger partial charge on any atom is 0.254 e. The van der Waals surface area contributed by atoms with Crippen LogP contribution in [0.25, 0.3) is 0 Å². The highest BCUT2D eigenvalue weighted by atomic mass is 16.3. The second-order valence-electron chi connectivity index (χ2n) is 12.3. The number of fused-ring (bicyclic) bond motifs is 2. The molecule has 4 heterocycles. The molecule has 1 spiro atoms. The van der Waals surface area contributed by atoms with Crippen LogP contribution in [0, 0.1) is 5.41 Å². The van der Waals surface area contributed by atoms with Gasteiger partial charge in [0.1, 0.15) is 0 Å². The molecule has 37 heavy (non-hydrogen) atoms. The molecule has 4 aliphatic rings. The molecule has 7 nitrogen and oxygen atoms in total. The van der Waals surface area contributed by atoms with Gasteiger partial charge in [0.2, 0.25) is 0 Å². The predicted molar refractivity (Wildman–Crippen MR) is 143 cm³/mol. The molecule has 2 saturated heterocycles. The lowest BCUT2D eigenvalue weighted by atomic mass is 9.77. The average molecular weight is 503 g/mol. The number of nitrogens with zero attached hydrogens (tertiary/aromatic N) is 2. The van der Waals surface area contributed by atoms with Gasteiger partial charge in [0.05, 0.1) is 6.10 Å². The first-order chi connectivity index (χ1) is 17.7. The van der Waals surface area contributed by atoms with Crippen LogP contribution in [0.3, 0.4) is 0 Å². The summed E-state index contributed by atoms with van der Waals surface area (Å²) < 4.78 is 0. The van der Waals surface area contributed by atoms with Crippen molar-refractivity contribution in [1.29, 1.82) is 0 Å². The van der Waals surface area contributed by atoms with E-state index in [0.29, 0.717) is 17.7 Å². The van der Waals surface area contributed by atoms with Gasteiger partial charge < -0.3 is 25.5 Å². The molecular weight excluding hydrogens is 464 g/mol. The highest BCUT2D eigenvalue weighted by Crippen LogP contribution is 2.38. The number of β-amino-alcohol motifs (C(OH)–C–C–N with tert-alkyl or cyclic N) is 1. The van der Waals surface area contributed by atoms with Crippen molar-refractivity contribution >= 4 is 11.8 Å². The first-order valence-electron chi connectivity index (χ1n) is 13.7. The van der Waals surface area contributed by atoms with Crippen molar-refractivity contribution in [2.24, 2.45) is 5.41 Å². The van der Waals surface area contributed by atoms with Gasteiger partial charge in [-0.05, 0) is 60.7 Å². The number of likely N-dealkylation sites (tertiary alicyclic amines) is 1. The minimum absolute atomic E-state index is 0.0660. The zero-order chi connectivity index (χ0) is 25.8. The molecule has 4 aliphatic heterocycles. The highest BCUT2D eigenvalue weighted by molar-refractivity contribution is 6.00. The summed E-state index contributed by atoms with van der Waals surface area (Å²) in [5, 5.41) is 18.0. The summed E-state index contributed by atoms with van der Waals surface area (Å²) in [5.74, 6) is -0.00271. The summed E-state index contributed by atoms with van der Waals surface area (Å²) in [5.41, 5.74) is 4.66. The second-order valence-corrected chi connectivity index (χ2v) is 12.3. The molecule has 0 bridgehead atoms. The van der Waals surface area contributed by atoms with Crippen molar-refractivity contribution in [2.45, 2.75) is 57.2 Å². The molecule has 3 N–H and O–H groups in total. The second kappa shape index (κ2) is 9.22. The Bertz CT molecular complexity index is 1220. The molecule has 0 radical (unpaired) electrons. The number of aliphatic hydroxyl groups is 1. The quantitative estimate of drug-likeness (QED) is 0.598. The van der Waals surface area contributed by atoms with Gasteiger partial charge in [0.15, 0.2) is 0 Å². The van der Waals surface area contributed by atoms with Crippen LogP contribution in [0.4, 0.5) is 0 Å². The SMILES string of the molecule is CC1(C)CN(C[C@@H](O)[C@@H]2Cc3ccccc3CN2)C(=O)c2ccc(C(=O)N3CCC4(CCNC4)C3)cc21. The molecule has 6 rings (SSSR count). The van der Waals surface area contributed by atoms with Crippen LogP contribution in [0.5, 0.6) is 0 Å². The van der Waals surface area contributed by atoms with Crippen LogP contribution in [-0.4, -0.2) is 78.1 Å². The summed E-state index contributed by atoms with van der Waals surface area (Å²) >= 11 is 0. The van der Waals surface area contributed by atoms with E-state index in [2.05, 4.69) is 36.6 Å². The monoisotopic (exact) mass is 502 g/mol. The number of hydrogen-bond donors (Lipinski definition) is 3. The largest absolute Gasteiger partial charge is 0.390 e. The van der Waals surface area contributed by atoms with Crippen LogP contribution in [0.2, 0.25) is 0 Å². The van der Waals surface area contributed by atoms with Gasteiger partial charge in [-0.25, -0.2) is 0 Å². The van der Waals surface area contributed by atoms with Gasteiger partial charge in [-0.3, -0.25) is 9.59 Å². The van der Waals surface area contributed by atoms with Gasteiger partial charge >= 0.3 is 0 Å². The molecule has 7 heteroatoms. The van der Waals surface area contributed by atoms with E-state index in [1.54, 1.807) is 4.90 Å². The Balaban J connectivity index is 1.17. The van der Waals surface area contributed by atoms with E-state index in [1.165, 1.54) is 11.1 Å². The van der Waals surface area contributed by atoms with Crippen LogP contribution in [0.15, 0.2) is 42.5 Å². The molecule has 2 fully saturated rings. The maximum absolute atomic E-state index is 13.5. The fraction of sp³-hybridized carbons (Fsp3) is 0.533. The minimum Gasteiger partial charge on any atom is -0.390 e. The van der Waals surface area contributed by atoms with Gasteiger partial charge in [-0.2, -0.15) is 0 Å². The minimum atomic E-state index is -0.664. The lowest BCUT2D eigenvalue weighted by Gasteiger charge is -2.41. The Morgan fingerprint density at radius 3 is 2.73 bits per heavy atom. The third-order valence-electron chi connectivity index (χ3n) is 9.14. The molecule has 0 saturated carbocycles. The average Bonchev–Trinajstić information content (AvgIpc) is 3.55. The van der Waals surface area contributed by atoms with Crippen LogP contribution in [-0.2, 0) is 18.4 Å². The Kier molecular flexibility index (Phi) is 6.13. The molecule has 3 atom stereocenters. The van der Waals surface area contributed by atoms with E-state index in [4.69, 9.17) is 0 Å². The first kappa shape index (κ1) is 24.6. The van der Waals surface area contributed by atoms with Gasteiger partial charge in [0, 0.05) is 67.3 Å². The van der Waals surface area contributed by atoms with Gasteiger partial charge in [-0.15, -0.1) is 0 Å². The summed E-state index contributed by atoms with van der Waals surface area (Å²) in [4.78, 5) is 30.7. The summed E-state index contributed by atoms with van der Waals surface area (Å²) in [6.45, 7) is 9.40. The van der Waals surface area contributed by atoms with Gasteiger partial charge in [0.25, 0.3) is 11.8 Å². The van der Waals surface area contributed by atoms with E-state index in [0.717, 1.165) is 57.5 Å². The van der Waals surface area contributed by atoms with Crippen LogP contribution in [0.1, 0.15) is 64.1 Å². The number of aliphatic hydroxyl groups excluding tert-OH is 1. The van der Waals surface area contributed by atoms with E-state index in [1.807, 2.05) is 35.2 Å². The van der Waals surface area contributed by atoms with Crippen molar-refractivity contribution in [2.75, 3.05) is 39.3 Å². The van der Waals surface area contributed by atoms with E-state index >= 15 is 0 Å². The zero-order valence-electron chi connectivity index (χ0n) is 21.9. The molecule has 2 aromatic carbocycles. The van der Waals surface area contributed by atoms with Crippen molar-refractivity contribution in [3.8, 4) is 0 Å². The number of carbonyl (C=O) groups is 2. The fourth-order valence-corrected chi connectivity index (χ4v) is 6.91. The lowest BCUT2D eigenvalue weighted by molar-refractivity contribution is 0.0444. The number of nitrogens with one attached hydrogen (secondary N) is 2. The van der Waals surface area contributed by atoms with Crippen LogP contribution >= 0.6 is 0 Å². The van der Waals surface area contributed by atoms with E-state index in [-0.39, 0.29) is 35.2 Å². The molecule has 0 aliphatic carbocycles. The first-order valence-corrected chi connectivity index (χ1v) is 13.7. The molecular formula is C30H38N4O3. The Morgan fingerprint density at radius 2 is 1.95 bits per heavy atom. The topological polar surface area (TPSA) is 84.9 Å². The normalized spacial score (nSPS) is 27.3. The zero-order valence-corrected chi connectivity index (χ0v) is 21.9. The van der Waals surface area contributed by atoms with E-state index in [9.17, 15) is 14.7 Å². The number of carbonyl (C=O) groups excluding carboxylic acids is 2. The summed E-state index contributed by atoms with van der Waals surface area (Å²) in [6.07, 6.45) is 2.27. The Labute approximate surface area is 219 Å². The predicted octanol–water partition coefficient (Wildman–Crippen LogP) is 2.32. The Morgan fingerprint density at radius 1 is 1.14 bits per heavy atom. The van der Waals surface area contributed by atoms with Crippen LogP contribution < -0.4 is 10.6 Å².